The van der Waals surface area contributed by atoms with Crippen LogP contribution >= 0.6 is 12.2 Å². The van der Waals surface area contributed by atoms with Crippen molar-refractivity contribution in [2.45, 2.75) is 19.2 Å². The molecule has 0 saturated carbocycles. The summed E-state index contributed by atoms with van der Waals surface area (Å²) in [6.45, 7) is 0.929. The van der Waals surface area contributed by atoms with E-state index in [9.17, 15) is 18.0 Å². The van der Waals surface area contributed by atoms with Crippen LogP contribution in [0, 0.1) is 0 Å². The topological polar surface area (TPSA) is 60.0 Å². The quantitative estimate of drug-likeness (QED) is 0.327. The minimum atomic E-state index is -4.46. The Morgan fingerprint density at radius 1 is 1.15 bits per heavy atom. The molecular weight excluding hydrogens is 457 g/mol. The van der Waals surface area contributed by atoms with Gasteiger partial charge in [-0.15, -0.1) is 0 Å². The Bertz CT molecular complexity index is 1060. The molecule has 1 amide bonds. The van der Waals surface area contributed by atoms with Crippen LogP contribution in [0.2, 0.25) is 0 Å². The highest BCUT2D eigenvalue weighted by Gasteiger charge is 2.31. The number of nitrogens with zero attached hydrogens (tertiary/aromatic N) is 1. The lowest BCUT2D eigenvalue weighted by Gasteiger charge is -2.13. The molecule has 2 aromatic rings. The number of benzene rings is 2. The number of alkyl halides is 3. The number of carbonyl (C=O) groups is 1. The van der Waals surface area contributed by atoms with E-state index in [1.165, 1.54) is 24.1 Å². The number of halogens is 3. The Balaban J connectivity index is 1.76. The lowest BCUT2D eigenvalue weighted by Crippen LogP contribution is -2.32. The molecule has 6 nitrogen and oxygen atoms in total. The van der Waals surface area contributed by atoms with Crippen molar-refractivity contribution in [1.82, 2.24) is 10.2 Å². The van der Waals surface area contributed by atoms with Gasteiger partial charge in [0.2, 0.25) is 0 Å². The molecule has 2 aromatic carbocycles. The van der Waals surface area contributed by atoms with Gasteiger partial charge in [-0.25, -0.2) is 0 Å². The molecule has 0 bridgehead atoms. The first-order valence-corrected chi connectivity index (χ1v) is 10.4. The summed E-state index contributed by atoms with van der Waals surface area (Å²) in [7, 11) is 3.07. The fourth-order valence-corrected chi connectivity index (χ4v) is 3.52. The average Bonchev–Trinajstić information content (AvgIpc) is 3.05. The molecule has 33 heavy (non-hydrogen) atoms. The maximum absolute atomic E-state index is 12.9. The third kappa shape index (κ3) is 6.23. The third-order valence-corrected chi connectivity index (χ3v) is 5.19. The molecule has 0 aliphatic carbocycles. The summed E-state index contributed by atoms with van der Waals surface area (Å²) in [6, 6.07) is 9.86. The molecule has 1 aliphatic heterocycles. The molecule has 0 atom stereocenters. The standard InChI is InChI=1S/C23H23F3N2O4S/c1-30-10-4-9-28-21(29)19(27-22(28)33)12-15-7-8-20(31-2)16(11-15)14-32-18-6-3-5-17(13-18)23(24,25)26/h3,5-8,11-13H,4,9-10,14H2,1-2H3,(H,27,33)/b19-12+. The van der Waals surface area contributed by atoms with Crippen molar-refractivity contribution in [3.05, 3.63) is 64.9 Å². The van der Waals surface area contributed by atoms with Crippen molar-refractivity contribution in [2.75, 3.05) is 27.4 Å². The normalized spacial score (nSPS) is 15.2. The fraction of sp³-hybridized carbons (Fsp3) is 0.304. The number of nitrogens with one attached hydrogen (secondary N) is 1. The second-order valence-corrected chi connectivity index (χ2v) is 7.56. The van der Waals surface area contributed by atoms with Crippen molar-refractivity contribution in [2.24, 2.45) is 0 Å². The van der Waals surface area contributed by atoms with Gasteiger partial charge in [0.15, 0.2) is 5.11 Å². The fourth-order valence-electron chi connectivity index (χ4n) is 3.23. The third-order valence-electron chi connectivity index (χ3n) is 4.86. The molecule has 1 aliphatic rings. The van der Waals surface area contributed by atoms with E-state index < -0.39 is 11.7 Å². The summed E-state index contributed by atoms with van der Waals surface area (Å²) in [5.74, 6) is 0.348. The number of ether oxygens (including phenoxy) is 3. The molecule has 1 saturated heterocycles. The van der Waals surface area contributed by atoms with Crippen LogP contribution in [0.3, 0.4) is 0 Å². The van der Waals surface area contributed by atoms with Gasteiger partial charge in [-0.2, -0.15) is 13.2 Å². The summed E-state index contributed by atoms with van der Waals surface area (Å²) in [5.41, 5.74) is 0.819. The number of hydrogen-bond donors (Lipinski definition) is 1. The van der Waals surface area contributed by atoms with Crippen molar-refractivity contribution < 1.29 is 32.2 Å². The van der Waals surface area contributed by atoms with Crippen LogP contribution in [0.5, 0.6) is 11.5 Å². The molecule has 10 heteroatoms. The average molecular weight is 481 g/mol. The Hall–Kier alpha value is -3.11. The molecule has 0 spiro atoms. The minimum absolute atomic E-state index is 0.0234. The van der Waals surface area contributed by atoms with E-state index in [0.29, 0.717) is 47.3 Å². The van der Waals surface area contributed by atoms with Gasteiger partial charge in [0, 0.05) is 25.8 Å². The molecule has 1 fully saturated rings. The van der Waals surface area contributed by atoms with Crippen LogP contribution in [0.25, 0.3) is 6.08 Å². The Labute approximate surface area is 194 Å². The summed E-state index contributed by atoms with van der Waals surface area (Å²) in [4.78, 5) is 14.1. The molecule has 0 aromatic heterocycles. The van der Waals surface area contributed by atoms with Crippen LogP contribution in [-0.4, -0.2) is 43.3 Å². The maximum atomic E-state index is 12.9. The van der Waals surface area contributed by atoms with Crippen molar-refractivity contribution in [3.8, 4) is 11.5 Å². The molecule has 1 heterocycles. The number of methoxy groups -OCH3 is 2. The number of carbonyl (C=O) groups excluding carboxylic acids is 1. The van der Waals surface area contributed by atoms with Crippen molar-refractivity contribution in [1.29, 1.82) is 0 Å². The lowest BCUT2D eigenvalue weighted by atomic mass is 10.1. The zero-order valence-electron chi connectivity index (χ0n) is 18.1. The van der Waals surface area contributed by atoms with Gasteiger partial charge >= 0.3 is 6.18 Å². The summed E-state index contributed by atoms with van der Waals surface area (Å²) >= 11 is 5.25. The van der Waals surface area contributed by atoms with Crippen LogP contribution in [0.4, 0.5) is 13.2 Å². The summed E-state index contributed by atoms with van der Waals surface area (Å²) in [5, 5.41) is 3.24. The molecule has 0 unspecified atom stereocenters. The van der Waals surface area contributed by atoms with Crippen LogP contribution < -0.4 is 14.8 Å². The highest BCUT2D eigenvalue weighted by atomic mass is 32.1. The van der Waals surface area contributed by atoms with E-state index in [4.69, 9.17) is 26.4 Å². The predicted octanol–water partition coefficient (Wildman–Crippen LogP) is 4.39. The van der Waals surface area contributed by atoms with E-state index in [-0.39, 0.29) is 18.3 Å². The first kappa shape index (κ1) is 24.5. The predicted molar refractivity (Wildman–Crippen MR) is 121 cm³/mol. The second-order valence-electron chi connectivity index (χ2n) is 7.18. The Kier molecular flexibility index (Phi) is 7.93. The number of hydrogen-bond acceptors (Lipinski definition) is 5. The van der Waals surface area contributed by atoms with Crippen LogP contribution in [0.1, 0.15) is 23.1 Å². The monoisotopic (exact) mass is 480 g/mol. The largest absolute Gasteiger partial charge is 0.496 e. The Morgan fingerprint density at radius 2 is 1.94 bits per heavy atom. The smallest absolute Gasteiger partial charge is 0.416 e. The molecule has 176 valence electrons. The first-order valence-electron chi connectivity index (χ1n) is 10.0. The second kappa shape index (κ2) is 10.7. The first-order chi connectivity index (χ1) is 15.7. The van der Waals surface area contributed by atoms with E-state index in [0.717, 1.165) is 12.1 Å². The zero-order chi connectivity index (χ0) is 24.0. The number of thiocarbonyl (C=S) groups is 1. The van der Waals surface area contributed by atoms with Gasteiger partial charge in [0.05, 0.1) is 12.7 Å². The lowest BCUT2D eigenvalue weighted by molar-refractivity contribution is -0.137. The molecular formula is C23H23F3N2O4S. The van der Waals surface area contributed by atoms with Gasteiger partial charge in [-0.1, -0.05) is 12.1 Å². The van der Waals surface area contributed by atoms with E-state index >= 15 is 0 Å². The van der Waals surface area contributed by atoms with Crippen molar-refractivity contribution >= 4 is 29.3 Å². The highest BCUT2D eigenvalue weighted by molar-refractivity contribution is 7.80. The van der Waals surface area contributed by atoms with Gasteiger partial charge in [0.25, 0.3) is 5.91 Å². The Morgan fingerprint density at radius 3 is 2.64 bits per heavy atom. The molecule has 1 N–H and O–H groups in total. The SMILES string of the molecule is COCCCN1C(=O)/C(=C\c2ccc(OC)c(COc3cccc(C(F)(F)F)c3)c2)NC1=S. The minimum Gasteiger partial charge on any atom is -0.496 e. The van der Waals surface area contributed by atoms with E-state index in [1.807, 2.05) is 0 Å². The number of amides is 1. The van der Waals surface area contributed by atoms with Gasteiger partial charge in [-0.05, 0) is 60.6 Å². The maximum Gasteiger partial charge on any atom is 0.416 e. The molecule has 3 rings (SSSR count). The molecule has 0 radical (unpaired) electrons. The number of rotatable bonds is 9. The zero-order valence-corrected chi connectivity index (χ0v) is 18.9. The summed E-state index contributed by atoms with van der Waals surface area (Å²) < 4.78 is 54.7. The van der Waals surface area contributed by atoms with Gasteiger partial charge < -0.3 is 19.5 Å². The van der Waals surface area contributed by atoms with Crippen LogP contribution in [0.15, 0.2) is 48.2 Å². The van der Waals surface area contributed by atoms with Gasteiger partial charge in [0.1, 0.15) is 23.8 Å². The van der Waals surface area contributed by atoms with Gasteiger partial charge in [-0.3, -0.25) is 9.69 Å². The summed E-state index contributed by atoms with van der Waals surface area (Å²) in [6.07, 6.45) is -2.16. The highest BCUT2D eigenvalue weighted by Crippen LogP contribution is 2.32. The van der Waals surface area contributed by atoms with E-state index in [2.05, 4.69) is 5.32 Å². The van der Waals surface area contributed by atoms with Crippen molar-refractivity contribution in [3.63, 3.8) is 0 Å². The van der Waals surface area contributed by atoms with E-state index in [1.54, 1.807) is 31.4 Å². The van der Waals surface area contributed by atoms with Crippen LogP contribution in [-0.2, 0) is 22.3 Å².